The van der Waals surface area contributed by atoms with Crippen molar-refractivity contribution in [3.63, 3.8) is 0 Å². The van der Waals surface area contributed by atoms with E-state index in [1.54, 1.807) is 18.2 Å². The van der Waals surface area contributed by atoms with E-state index in [9.17, 15) is 4.79 Å². The topological polar surface area (TPSA) is 57.3 Å². The molecule has 5 heteroatoms. The van der Waals surface area contributed by atoms with Gasteiger partial charge >= 0.3 is 0 Å². The SMILES string of the molecule is C[NH+](CC(=O)Nc1ccccc1Cl)Cc1cccc(C#N)c1. The van der Waals surface area contributed by atoms with E-state index in [0.29, 0.717) is 29.4 Å². The highest BCUT2D eigenvalue weighted by Crippen LogP contribution is 2.19. The molecule has 1 amide bonds. The maximum absolute atomic E-state index is 12.0. The first-order valence-electron chi connectivity index (χ1n) is 6.93. The van der Waals surface area contributed by atoms with Crippen LogP contribution in [-0.4, -0.2) is 19.5 Å². The molecule has 1 unspecified atom stereocenters. The Morgan fingerprint density at radius 3 is 2.77 bits per heavy atom. The fraction of sp³-hybridized carbons (Fsp3) is 0.176. The first kappa shape index (κ1) is 16.0. The molecule has 0 heterocycles. The number of rotatable bonds is 5. The van der Waals surface area contributed by atoms with Crippen molar-refractivity contribution in [3.05, 3.63) is 64.7 Å². The highest BCUT2D eigenvalue weighted by molar-refractivity contribution is 6.33. The maximum atomic E-state index is 12.0. The molecule has 22 heavy (non-hydrogen) atoms. The molecule has 0 bridgehead atoms. The summed E-state index contributed by atoms with van der Waals surface area (Å²) in [5, 5.41) is 12.2. The number of halogens is 1. The van der Waals surface area contributed by atoms with E-state index >= 15 is 0 Å². The van der Waals surface area contributed by atoms with Crippen LogP contribution in [0.2, 0.25) is 5.02 Å². The monoisotopic (exact) mass is 314 g/mol. The van der Waals surface area contributed by atoms with Crippen molar-refractivity contribution < 1.29 is 9.69 Å². The predicted molar refractivity (Wildman–Crippen MR) is 86.7 cm³/mol. The molecule has 0 aromatic heterocycles. The minimum atomic E-state index is -0.0953. The third-order valence-electron chi connectivity index (χ3n) is 3.17. The fourth-order valence-electron chi connectivity index (χ4n) is 2.19. The summed E-state index contributed by atoms with van der Waals surface area (Å²) in [6.07, 6.45) is 0. The minimum absolute atomic E-state index is 0.0953. The van der Waals surface area contributed by atoms with Crippen molar-refractivity contribution >= 4 is 23.2 Å². The second-order valence-corrected chi connectivity index (χ2v) is 5.56. The summed E-state index contributed by atoms with van der Waals surface area (Å²) < 4.78 is 0. The molecule has 0 saturated heterocycles. The molecule has 2 N–H and O–H groups in total. The lowest BCUT2D eigenvalue weighted by Gasteiger charge is -2.14. The number of quaternary nitrogens is 1. The third kappa shape index (κ3) is 4.59. The van der Waals surface area contributed by atoms with Gasteiger partial charge < -0.3 is 10.2 Å². The van der Waals surface area contributed by atoms with Gasteiger partial charge in [0.15, 0.2) is 6.54 Å². The van der Waals surface area contributed by atoms with Crippen LogP contribution in [0.5, 0.6) is 0 Å². The van der Waals surface area contributed by atoms with Gasteiger partial charge in [-0.15, -0.1) is 0 Å². The highest BCUT2D eigenvalue weighted by atomic mass is 35.5. The normalized spacial score (nSPS) is 11.5. The second kappa shape index (κ2) is 7.60. The average Bonchev–Trinajstić information content (AvgIpc) is 2.49. The van der Waals surface area contributed by atoms with Crippen LogP contribution >= 0.6 is 11.6 Å². The summed E-state index contributed by atoms with van der Waals surface area (Å²) in [5.41, 5.74) is 2.28. The second-order valence-electron chi connectivity index (χ2n) is 5.15. The molecule has 0 aliphatic rings. The first-order chi connectivity index (χ1) is 10.6. The molecule has 2 aromatic rings. The molecule has 0 aliphatic heterocycles. The molecule has 0 radical (unpaired) electrons. The standard InChI is InChI=1S/C17H16ClN3O/c1-21(11-14-6-4-5-13(9-14)10-19)12-17(22)20-16-8-3-2-7-15(16)18/h2-9H,11-12H2,1H3,(H,20,22)/p+1. The van der Waals surface area contributed by atoms with Gasteiger partial charge in [-0.2, -0.15) is 5.26 Å². The summed E-state index contributed by atoms with van der Waals surface area (Å²) in [4.78, 5) is 13.1. The quantitative estimate of drug-likeness (QED) is 0.885. The van der Waals surface area contributed by atoms with Crippen LogP contribution < -0.4 is 10.2 Å². The van der Waals surface area contributed by atoms with E-state index in [1.807, 2.05) is 37.4 Å². The largest absolute Gasteiger partial charge is 0.326 e. The summed E-state index contributed by atoms with van der Waals surface area (Å²) in [7, 11) is 1.94. The first-order valence-corrected chi connectivity index (χ1v) is 7.31. The zero-order valence-electron chi connectivity index (χ0n) is 12.3. The van der Waals surface area contributed by atoms with E-state index in [2.05, 4.69) is 11.4 Å². The fourth-order valence-corrected chi connectivity index (χ4v) is 2.38. The van der Waals surface area contributed by atoms with Crippen LogP contribution in [-0.2, 0) is 11.3 Å². The number of nitrogens with zero attached hydrogens (tertiary/aromatic N) is 1. The Balaban J connectivity index is 1.91. The van der Waals surface area contributed by atoms with E-state index in [1.165, 1.54) is 0 Å². The van der Waals surface area contributed by atoms with Crippen LogP contribution in [0.25, 0.3) is 0 Å². The molecule has 0 spiro atoms. The van der Waals surface area contributed by atoms with Gasteiger partial charge in [0.05, 0.1) is 29.4 Å². The Morgan fingerprint density at radius 2 is 2.05 bits per heavy atom. The van der Waals surface area contributed by atoms with Crippen molar-refractivity contribution in [2.75, 3.05) is 18.9 Å². The molecule has 2 rings (SSSR count). The Labute approximate surface area is 134 Å². The Kier molecular flexibility index (Phi) is 5.54. The van der Waals surface area contributed by atoms with Crippen LogP contribution in [0.15, 0.2) is 48.5 Å². The van der Waals surface area contributed by atoms with Crippen molar-refractivity contribution in [3.8, 4) is 6.07 Å². The number of carbonyl (C=O) groups excluding carboxylic acids is 1. The van der Waals surface area contributed by atoms with Gasteiger partial charge in [-0.1, -0.05) is 35.9 Å². The van der Waals surface area contributed by atoms with Gasteiger partial charge in [0.2, 0.25) is 0 Å². The molecular formula is C17H17ClN3O+. The van der Waals surface area contributed by atoms with Crippen LogP contribution in [0, 0.1) is 11.3 Å². The minimum Gasteiger partial charge on any atom is -0.326 e. The van der Waals surface area contributed by atoms with Crippen molar-refractivity contribution in [2.24, 2.45) is 0 Å². The van der Waals surface area contributed by atoms with Gasteiger partial charge in [-0.25, -0.2) is 0 Å². The highest BCUT2D eigenvalue weighted by Gasteiger charge is 2.12. The van der Waals surface area contributed by atoms with Crippen molar-refractivity contribution in [2.45, 2.75) is 6.54 Å². The summed E-state index contributed by atoms with van der Waals surface area (Å²) >= 11 is 6.02. The number of anilines is 1. The predicted octanol–water partition coefficient (Wildman–Crippen LogP) is 1.87. The molecular weight excluding hydrogens is 298 g/mol. The van der Waals surface area contributed by atoms with Crippen molar-refractivity contribution in [1.29, 1.82) is 5.26 Å². The maximum Gasteiger partial charge on any atom is 0.279 e. The average molecular weight is 315 g/mol. The summed E-state index contributed by atoms with van der Waals surface area (Å²) in [5.74, 6) is -0.0953. The van der Waals surface area contributed by atoms with E-state index in [4.69, 9.17) is 16.9 Å². The number of nitriles is 1. The molecule has 0 saturated carbocycles. The van der Waals surface area contributed by atoms with Crippen molar-refractivity contribution in [1.82, 2.24) is 0 Å². The molecule has 0 fully saturated rings. The summed E-state index contributed by atoms with van der Waals surface area (Å²) in [6, 6.07) is 16.7. The number of para-hydroxylation sites is 1. The van der Waals surface area contributed by atoms with Gasteiger partial charge in [-0.3, -0.25) is 4.79 Å². The molecule has 112 valence electrons. The summed E-state index contributed by atoms with van der Waals surface area (Å²) in [6.45, 7) is 0.994. The third-order valence-corrected chi connectivity index (χ3v) is 3.50. The number of hydrogen-bond acceptors (Lipinski definition) is 2. The van der Waals surface area contributed by atoms with Gasteiger partial charge in [0, 0.05) is 5.56 Å². The Morgan fingerprint density at radius 1 is 1.27 bits per heavy atom. The number of hydrogen-bond donors (Lipinski definition) is 2. The van der Waals surface area contributed by atoms with E-state index < -0.39 is 0 Å². The molecule has 1 atom stereocenters. The number of amides is 1. The van der Waals surface area contributed by atoms with Crippen LogP contribution in [0.4, 0.5) is 5.69 Å². The molecule has 4 nitrogen and oxygen atoms in total. The zero-order valence-corrected chi connectivity index (χ0v) is 13.0. The lowest BCUT2D eigenvalue weighted by molar-refractivity contribution is -0.885. The van der Waals surface area contributed by atoms with Crippen LogP contribution in [0.1, 0.15) is 11.1 Å². The number of likely N-dealkylation sites (N-methyl/N-ethyl adjacent to an activating group) is 1. The van der Waals surface area contributed by atoms with Crippen LogP contribution in [0.3, 0.4) is 0 Å². The lowest BCUT2D eigenvalue weighted by Crippen LogP contribution is -3.08. The Hall–Kier alpha value is -2.35. The van der Waals surface area contributed by atoms with Gasteiger partial charge in [0.25, 0.3) is 5.91 Å². The zero-order chi connectivity index (χ0) is 15.9. The van der Waals surface area contributed by atoms with Gasteiger partial charge in [-0.05, 0) is 24.3 Å². The number of carbonyl (C=O) groups is 1. The Bertz CT molecular complexity index is 709. The molecule has 2 aromatic carbocycles. The van der Waals surface area contributed by atoms with E-state index in [-0.39, 0.29) is 5.91 Å². The molecule has 0 aliphatic carbocycles. The number of nitrogens with one attached hydrogen (secondary N) is 2. The number of benzene rings is 2. The van der Waals surface area contributed by atoms with Gasteiger partial charge in [0.1, 0.15) is 6.54 Å². The van der Waals surface area contributed by atoms with E-state index in [0.717, 1.165) is 10.5 Å². The smallest absolute Gasteiger partial charge is 0.279 e. The lowest BCUT2D eigenvalue weighted by atomic mass is 10.1.